The first-order valence-electron chi connectivity index (χ1n) is 9.69. The summed E-state index contributed by atoms with van der Waals surface area (Å²) in [5.74, 6) is 4.93. The van der Waals surface area contributed by atoms with Gasteiger partial charge in [-0.15, -0.1) is 0 Å². The molecule has 4 rings (SSSR count). The molecule has 0 aliphatic heterocycles. The molecule has 0 heterocycles. The van der Waals surface area contributed by atoms with Crippen LogP contribution in [0.4, 0.5) is 18.0 Å². The average molecular weight is 421 g/mol. The van der Waals surface area contributed by atoms with E-state index in [1.807, 2.05) is 48.5 Å². The minimum Gasteiger partial charge on any atom is -0.449 e. The number of hydrogen-bond donors (Lipinski definition) is 1. The minimum atomic E-state index is -4.48. The van der Waals surface area contributed by atoms with Crippen molar-refractivity contribution in [3.63, 3.8) is 0 Å². The third-order valence-electron chi connectivity index (χ3n) is 5.12. The summed E-state index contributed by atoms with van der Waals surface area (Å²) in [7, 11) is 0. The molecule has 0 spiro atoms. The number of nitrogens with one attached hydrogen (secondary N) is 1. The van der Waals surface area contributed by atoms with E-state index in [4.69, 9.17) is 4.74 Å². The van der Waals surface area contributed by atoms with E-state index in [1.54, 1.807) is 0 Å². The zero-order chi connectivity index (χ0) is 21.8. The molecular weight excluding hydrogens is 403 g/mol. The summed E-state index contributed by atoms with van der Waals surface area (Å²) in [6, 6.07) is 21.0. The molecule has 1 aliphatic rings. The number of fused-ring (bicyclic) bond motifs is 3. The molecule has 0 radical (unpaired) electrons. The Morgan fingerprint density at radius 1 is 0.903 bits per heavy atom. The highest BCUT2D eigenvalue weighted by Gasteiger charge is 2.32. The van der Waals surface area contributed by atoms with Crippen LogP contribution in [0.2, 0.25) is 0 Å². The number of benzene rings is 3. The Hall–Kier alpha value is -3.72. The molecule has 0 bridgehead atoms. The zero-order valence-corrected chi connectivity index (χ0v) is 16.4. The fraction of sp³-hybridized carbons (Fsp3) is 0.160. The van der Waals surface area contributed by atoms with E-state index in [9.17, 15) is 18.0 Å². The van der Waals surface area contributed by atoms with Crippen LogP contribution < -0.4 is 5.32 Å². The fourth-order valence-electron chi connectivity index (χ4n) is 3.74. The van der Waals surface area contributed by atoms with Crippen LogP contribution in [0.15, 0.2) is 72.8 Å². The lowest BCUT2D eigenvalue weighted by molar-refractivity contribution is -0.137. The van der Waals surface area contributed by atoms with E-state index in [0.717, 1.165) is 28.3 Å². The largest absolute Gasteiger partial charge is 0.449 e. The van der Waals surface area contributed by atoms with Gasteiger partial charge < -0.3 is 10.1 Å². The highest BCUT2D eigenvalue weighted by molar-refractivity contribution is 5.79. The first-order valence-corrected chi connectivity index (χ1v) is 9.69. The molecule has 3 aromatic rings. The summed E-state index contributed by atoms with van der Waals surface area (Å²) in [5, 5.41) is 2.47. The Kier molecular flexibility index (Phi) is 5.68. The molecule has 0 fully saturated rings. The van der Waals surface area contributed by atoms with Gasteiger partial charge in [-0.05, 0) is 34.4 Å². The number of carbonyl (C=O) groups is 1. The molecule has 1 amide bonds. The first kappa shape index (κ1) is 20.5. The summed E-state index contributed by atoms with van der Waals surface area (Å²) in [4.78, 5) is 12.1. The van der Waals surface area contributed by atoms with Gasteiger partial charge in [0.2, 0.25) is 0 Å². The topological polar surface area (TPSA) is 38.3 Å². The molecule has 3 aromatic carbocycles. The van der Waals surface area contributed by atoms with Crippen LogP contribution in [-0.4, -0.2) is 19.2 Å². The maximum Gasteiger partial charge on any atom is 0.417 e. The second kappa shape index (κ2) is 8.57. The van der Waals surface area contributed by atoms with Crippen molar-refractivity contribution in [2.75, 3.05) is 13.2 Å². The second-order valence-corrected chi connectivity index (χ2v) is 7.02. The summed E-state index contributed by atoms with van der Waals surface area (Å²) < 4.78 is 44.3. The van der Waals surface area contributed by atoms with E-state index in [-0.39, 0.29) is 24.6 Å². The van der Waals surface area contributed by atoms with Crippen molar-refractivity contribution < 1.29 is 22.7 Å². The fourth-order valence-corrected chi connectivity index (χ4v) is 3.74. The van der Waals surface area contributed by atoms with E-state index < -0.39 is 17.8 Å². The molecule has 1 aliphatic carbocycles. The van der Waals surface area contributed by atoms with Gasteiger partial charge >= 0.3 is 12.3 Å². The van der Waals surface area contributed by atoms with Gasteiger partial charge in [0.05, 0.1) is 12.1 Å². The maximum atomic E-state index is 13.0. The Labute approximate surface area is 177 Å². The third kappa shape index (κ3) is 4.41. The number of amides is 1. The van der Waals surface area contributed by atoms with E-state index >= 15 is 0 Å². The summed E-state index contributed by atoms with van der Waals surface area (Å²) >= 11 is 0. The predicted molar refractivity (Wildman–Crippen MR) is 111 cm³/mol. The number of rotatable bonds is 3. The number of alkyl halides is 3. The molecule has 1 N–H and O–H groups in total. The Morgan fingerprint density at radius 3 is 2.13 bits per heavy atom. The molecule has 0 saturated carbocycles. The van der Waals surface area contributed by atoms with Crippen LogP contribution in [0.5, 0.6) is 0 Å². The Balaban J connectivity index is 1.36. The lowest BCUT2D eigenvalue weighted by Gasteiger charge is -2.14. The molecule has 0 atom stereocenters. The highest BCUT2D eigenvalue weighted by atomic mass is 19.4. The molecule has 31 heavy (non-hydrogen) atoms. The summed E-state index contributed by atoms with van der Waals surface area (Å²) in [6.07, 6.45) is -5.15. The van der Waals surface area contributed by atoms with Crippen molar-refractivity contribution in [1.29, 1.82) is 0 Å². The van der Waals surface area contributed by atoms with Crippen LogP contribution in [-0.2, 0) is 10.9 Å². The zero-order valence-electron chi connectivity index (χ0n) is 16.4. The standard InChI is InChI=1S/C25H18F3NO2/c26-25(27,28)23-14-6-1-8-17(23)9-7-15-29-24(30)31-16-22-20-12-4-2-10-18(20)19-11-3-5-13-21(19)22/h1-6,8,10-14,22H,15-16H2,(H,29,30). The van der Waals surface area contributed by atoms with Crippen LogP contribution in [0.25, 0.3) is 11.1 Å². The van der Waals surface area contributed by atoms with Crippen molar-refractivity contribution in [3.8, 4) is 23.0 Å². The maximum absolute atomic E-state index is 13.0. The van der Waals surface area contributed by atoms with Crippen LogP contribution >= 0.6 is 0 Å². The normalized spacial score (nSPS) is 12.4. The van der Waals surface area contributed by atoms with Crippen molar-refractivity contribution in [2.24, 2.45) is 0 Å². The number of alkyl carbamates (subject to hydrolysis) is 1. The highest BCUT2D eigenvalue weighted by Crippen LogP contribution is 2.44. The Morgan fingerprint density at radius 2 is 1.48 bits per heavy atom. The number of ether oxygens (including phenoxy) is 1. The van der Waals surface area contributed by atoms with Gasteiger partial charge in [-0.3, -0.25) is 0 Å². The lowest BCUT2D eigenvalue weighted by Crippen LogP contribution is -2.26. The van der Waals surface area contributed by atoms with E-state index in [2.05, 4.69) is 17.2 Å². The predicted octanol–water partition coefficient (Wildman–Crippen LogP) is 5.60. The van der Waals surface area contributed by atoms with Crippen molar-refractivity contribution in [1.82, 2.24) is 5.32 Å². The van der Waals surface area contributed by atoms with E-state index in [0.29, 0.717) is 0 Å². The van der Waals surface area contributed by atoms with Crippen molar-refractivity contribution in [2.45, 2.75) is 12.1 Å². The van der Waals surface area contributed by atoms with Gasteiger partial charge in [0, 0.05) is 11.5 Å². The first-order chi connectivity index (χ1) is 14.9. The smallest absolute Gasteiger partial charge is 0.417 e. The summed E-state index contributed by atoms with van der Waals surface area (Å²) in [5.41, 5.74) is 3.51. The summed E-state index contributed by atoms with van der Waals surface area (Å²) in [6.45, 7) is 0.0348. The van der Waals surface area contributed by atoms with Crippen LogP contribution in [0, 0.1) is 11.8 Å². The van der Waals surface area contributed by atoms with Gasteiger partial charge in [-0.1, -0.05) is 72.5 Å². The number of halogens is 3. The van der Waals surface area contributed by atoms with Gasteiger partial charge in [0.15, 0.2) is 0 Å². The minimum absolute atomic E-state index is 0.0668. The molecule has 0 unspecified atom stereocenters. The molecule has 6 heteroatoms. The van der Waals surface area contributed by atoms with Gasteiger partial charge in [0.25, 0.3) is 0 Å². The molecule has 0 saturated heterocycles. The van der Waals surface area contributed by atoms with Crippen molar-refractivity contribution in [3.05, 3.63) is 95.1 Å². The monoisotopic (exact) mass is 421 g/mol. The van der Waals surface area contributed by atoms with Gasteiger partial charge in [-0.25, -0.2) is 4.79 Å². The molecule has 3 nitrogen and oxygen atoms in total. The Bertz CT molecular complexity index is 1130. The van der Waals surface area contributed by atoms with Gasteiger partial charge in [0.1, 0.15) is 6.61 Å². The second-order valence-electron chi connectivity index (χ2n) is 7.02. The van der Waals surface area contributed by atoms with Crippen LogP contribution in [0.1, 0.15) is 28.2 Å². The van der Waals surface area contributed by atoms with Crippen LogP contribution in [0.3, 0.4) is 0 Å². The number of hydrogen-bond acceptors (Lipinski definition) is 2. The van der Waals surface area contributed by atoms with Gasteiger partial charge in [-0.2, -0.15) is 13.2 Å². The average Bonchev–Trinajstić information content (AvgIpc) is 3.09. The van der Waals surface area contributed by atoms with Crippen molar-refractivity contribution >= 4 is 6.09 Å². The SMILES string of the molecule is O=C(NCC#Cc1ccccc1C(F)(F)F)OCC1c2ccccc2-c2ccccc21. The van der Waals surface area contributed by atoms with E-state index in [1.165, 1.54) is 18.2 Å². The number of carbonyl (C=O) groups excluding carboxylic acids is 1. The molecule has 156 valence electrons. The lowest BCUT2D eigenvalue weighted by atomic mass is 9.98. The quantitative estimate of drug-likeness (QED) is 0.560. The molecule has 0 aromatic heterocycles. The molecular formula is C25H18F3NO2. The third-order valence-corrected chi connectivity index (χ3v) is 5.12.